The number of halogens is 1. The molecule has 174 valence electrons. The molecule has 1 aliphatic rings. The molecule has 2 aromatic carbocycles. The average molecular weight is 514 g/mol. The number of aliphatic hydroxyl groups is 1. The summed E-state index contributed by atoms with van der Waals surface area (Å²) in [7, 11) is 0. The maximum atomic E-state index is 13.0. The lowest BCUT2D eigenvalue weighted by Gasteiger charge is -2.37. The Hall–Kier alpha value is -2.68. The van der Waals surface area contributed by atoms with E-state index in [1.165, 1.54) is 0 Å². The highest BCUT2D eigenvalue weighted by atomic mass is 79.9. The molecule has 33 heavy (non-hydrogen) atoms. The summed E-state index contributed by atoms with van der Waals surface area (Å²) >= 11 is 3.48. The minimum Gasteiger partial charge on any atom is -0.459 e. The number of aliphatic hydroxyl groups excluding tert-OH is 1. The van der Waals surface area contributed by atoms with Crippen molar-refractivity contribution in [1.82, 2.24) is 15.3 Å². The molecule has 4 rings (SSSR count). The first-order chi connectivity index (χ1) is 16.1. The highest BCUT2D eigenvalue weighted by Crippen LogP contribution is 2.39. The van der Waals surface area contributed by atoms with Crippen LogP contribution in [0, 0.1) is 5.92 Å². The Kier molecular flexibility index (Phi) is 7.80. The number of carbonyl (C=O) groups excluding carboxylic acids is 1. The molecule has 0 radical (unpaired) electrons. The number of aromatic nitrogens is 2. The molecule has 0 saturated heterocycles. The summed E-state index contributed by atoms with van der Waals surface area (Å²) in [5, 5.41) is 12.3. The number of rotatable bonds is 9. The number of benzene rings is 2. The summed E-state index contributed by atoms with van der Waals surface area (Å²) in [5.74, 6) is 0.486. The molecule has 0 fully saturated rings. The van der Waals surface area contributed by atoms with Crippen LogP contribution in [0.4, 0.5) is 0 Å². The third-order valence-corrected chi connectivity index (χ3v) is 6.27. The lowest BCUT2D eigenvalue weighted by Crippen LogP contribution is -2.39. The van der Waals surface area contributed by atoms with Gasteiger partial charge in [-0.05, 0) is 55.7 Å². The number of amides is 1. The molecule has 0 unspecified atom stereocenters. The predicted octanol–water partition coefficient (Wildman–Crippen LogP) is 4.39. The molecule has 0 aliphatic carbocycles. The number of aromatic amines is 1. The van der Waals surface area contributed by atoms with Gasteiger partial charge < -0.3 is 24.9 Å². The van der Waals surface area contributed by atoms with Gasteiger partial charge in [0.25, 0.3) is 5.91 Å². The number of fused-ring (bicyclic) bond motifs is 1. The highest BCUT2D eigenvalue weighted by molar-refractivity contribution is 9.10. The first-order valence-corrected chi connectivity index (χ1v) is 12.0. The molecular weight excluding hydrogens is 486 g/mol. The van der Waals surface area contributed by atoms with Crippen LogP contribution in [0.15, 0.2) is 64.8 Å². The lowest BCUT2D eigenvalue weighted by molar-refractivity contribution is -0.166. The Morgan fingerprint density at radius 1 is 1.24 bits per heavy atom. The van der Waals surface area contributed by atoms with Gasteiger partial charge >= 0.3 is 0 Å². The van der Waals surface area contributed by atoms with Crippen molar-refractivity contribution in [1.29, 1.82) is 0 Å². The van der Waals surface area contributed by atoms with E-state index in [-0.39, 0.29) is 36.7 Å². The van der Waals surface area contributed by atoms with Gasteiger partial charge in [0.15, 0.2) is 5.76 Å². The Labute approximate surface area is 201 Å². The van der Waals surface area contributed by atoms with Gasteiger partial charge in [0.2, 0.25) is 6.29 Å². The van der Waals surface area contributed by atoms with E-state index in [9.17, 15) is 9.90 Å². The third-order valence-electron chi connectivity index (χ3n) is 5.74. The van der Waals surface area contributed by atoms with Gasteiger partial charge in [0.1, 0.15) is 5.82 Å². The third kappa shape index (κ3) is 5.63. The molecule has 1 amide bonds. The van der Waals surface area contributed by atoms with Crippen LogP contribution in [0.3, 0.4) is 0 Å². The Morgan fingerprint density at radius 2 is 2.03 bits per heavy atom. The van der Waals surface area contributed by atoms with Gasteiger partial charge in [-0.25, -0.2) is 4.98 Å². The molecule has 1 aromatic heterocycles. The number of hydrogen-bond acceptors (Lipinski definition) is 5. The van der Waals surface area contributed by atoms with Crippen LogP contribution < -0.4 is 5.32 Å². The van der Waals surface area contributed by atoms with E-state index >= 15 is 0 Å². The minimum absolute atomic E-state index is 0.0230. The zero-order valence-corrected chi connectivity index (χ0v) is 20.0. The first kappa shape index (κ1) is 23.5. The van der Waals surface area contributed by atoms with Gasteiger partial charge in [-0.3, -0.25) is 4.79 Å². The molecule has 8 heteroatoms. The topological polar surface area (TPSA) is 96.5 Å². The van der Waals surface area contributed by atoms with Crippen LogP contribution in [-0.4, -0.2) is 40.5 Å². The highest BCUT2D eigenvalue weighted by Gasteiger charge is 2.37. The number of nitrogens with zero attached hydrogens (tertiary/aromatic N) is 1. The molecule has 7 nitrogen and oxygen atoms in total. The number of ether oxygens (including phenoxy) is 2. The maximum Gasteiger partial charge on any atom is 0.286 e. The lowest BCUT2D eigenvalue weighted by atomic mass is 9.80. The van der Waals surface area contributed by atoms with Crippen molar-refractivity contribution in [3.8, 4) is 0 Å². The summed E-state index contributed by atoms with van der Waals surface area (Å²) in [6.45, 7) is 2.71. The molecular formula is C25H28BrN3O4. The van der Waals surface area contributed by atoms with Crippen LogP contribution in [0.25, 0.3) is 11.0 Å². The number of imidazole rings is 1. The second-order valence-electron chi connectivity index (χ2n) is 7.96. The number of nitrogens with one attached hydrogen (secondary N) is 2. The van der Waals surface area contributed by atoms with E-state index in [1.807, 2.05) is 61.5 Å². The number of hydrogen-bond donors (Lipinski definition) is 3. The van der Waals surface area contributed by atoms with Crippen LogP contribution in [0.1, 0.15) is 37.1 Å². The number of H-pyrrole nitrogens is 1. The van der Waals surface area contributed by atoms with Crippen molar-refractivity contribution >= 4 is 32.9 Å². The molecule has 3 atom stereocenters. The molecule has 3 aromatic rings. The van der Waals surface area contributed by atoms with Crippen LogP contribution in [-0.2, 0) is 20.8 Å². The fraction of sp³-hybridized carbons (Fsp3) is 0.360. The standard InChI is InChI=1S/C25H28BrN3O4/c1-2-32-25-18(6-5-13-30)19(16-9-11-17(26)12-10-16)14-22(33-25)24(31)27-15-23-28-20-7-3-4-8-21(20)29-23/h3-4,7-12,14,18-19,25,30H,2,5-6,13,15H2,1H3,(H,27,31)(H,28,29)/t18-,19-,25-/m0/s1. The second-order valence-corrected chi connectivity index (χ2v) is 8.88. The van der Waals surface area contributed by atoms with Crippen molar-refractivity contribution in [2.75, 3.05) is 13.2 Å². The summed E-state index contributed by atoms with van der Waals surface area (Å²) in [6, 6.07) is 15.8. The van der Waals surface area contributed by atoms with E-state index < -0.39 is 6.29 Å². The van der Waals surface area contributed by atoms with Crippen LogP contribution in [0.5, 0.6) is 0 Å². The van der Waals surface area contributed by atoms with Crippen molar-refractivity contribution in [2.24, 2.45) is 5.92 Å². The molecule has 0 saturated carbocycles. The molecule has 2 heterocycles. The number of carbonyl (C=O) groups is 1. The first-order valence-electron chi connectivity index (χ1n) is 11.2. The smallest absolute Gasteiger partial charge is 0.286 e. The summed E-state index contributed by atoms with van der Waals surface area (Å²) in [6.07, 6.45) is 2.64. The fourth-order valence-corrected chi connectivity index (χ4v) is 4.43. The predicted molar refractivity (Wildman–Crippen MR) is 129 cm³/mol. The Balaban J connectivity index is 1.56. The van der Waals surface area contributed by atoms with Crippen LogP contribution in [0.2, 0.25) is 0 Å². The molecule has 0 bridgehead atoms. The average Bonchev–Trinajstić information content (AvgIpc) is 3.25. The van der Waals surface area contributed by atoms with Crippen molar-refractivity contribution in [3.63, 3.8) is 0 Å². The minimum atomic E-state index is -0.577. The monoisotopic (exact) mass is 513 g/mol. The van der Waals surface area contributed by atoms with Crippen LogP contribution >= 0.6 is 15.9 Å². The number of allylic oxidation sites excluding steroid dienone is 1. The quantitative estimate of drug-likeness (QED) is 0.394. The van der Waals surface area contributed by atoms with Gasteiger partial charge in [0.05, 0.1) is 17.6 Å². The second kappa shape index (κ2) is 11.0. The number of para-hydroxylation sites is 2. The van der Waals surface area contributed by atoms with Crippen molar-refractivity contribution in [2.45, 2.75) is 38.5 Å². The van der Waals surface area contributed by atoms with Gasteiger partial charge in [-0.1, -0.05) is 40.2 Å². The van der Waals surface area contributed by atoms with E-state index in [0.29, 0.717) is 25.3 Å². The van der Waals surface area contributed by atoms with Crippen molar-refractivity contribution < 1.29 is 19.4 Å². The summed E-state index contributed by atoms with van der Waals surface area (Å²) in [5.41, 5.74) is 2.85. The summed E-state index contributed by atoms with van der Waals surface area (Å²) in [4.78, 5) is 20.8. The SMILES string of the molecule is CCO[C@H]1OC(C(=O)NCc2nc3ccccc3[nH]2)=C[C@@H](c2ccc(Br)cc2)[C@@H]1CCCO. The van der Waals surface area contributed by atoms with E-state index in [4.69, 9.17) is 9.47 Å². The van der Waals surface area contributed by atoms with E-state index in [0.717, 1.165) is 21.1 Å². The van der Waals surface area contributed by atoms with Gasteiger partial charge in [-0.2, -0.15) is 0 Å². The molecule has 3 N–H and O–H groups in total. The Bertz CT molecular complexity index is 1080. The fourth-order valence-electron chi connectivity index (χ4n) is 4.17. The zero-order chi connectivity index (χ0) is 23.2. The normalized spacial score (nSPS) is 20.3. The zero-order valence-electron chi connectivity index (χ0n) is 18.5. The van der Waals surface area contributed by atoms with Crippen molar-refractivity contribution in [3.05, 3.63) is 76.2 Å². The van der Waals surface area contributed by atoms with E-state index in [1.54, 1.807) is 0 Å². The molecule has 0 spiro atoms. The van der Waals surface area contributed by atoms with Gasteiger partial charge in [-0.15, -0.1) is 0 Å². The van der Waals surface area contributed by atoms with Gasteiger partial charge in [0, 0.05) is 29.5 Å². The van der Waals surface area contributed by atoms with E-state index in [2.05, 4.69) is 31.2 Å². The Morgan fingerprint density at radius 3 is 2.76 bits per heavy atom. The largest absolute Gasteiger partial charge is 0.459 e. The summed E-state index contributed by atoms with van der Waals surface area (Å²) < 4.78 is 12.9. The maximum absolute atomic E-state index is 13.0. The molecule has 1 aliphatic heterocycles.